The highest BCUT2D eigenvalue weighted by Crippen LogP contribution is 2.26. The average molecular weight is 570 g/mol. The summed E-state index contributed by atoms with van der Waals surface area (Å²) in [6.07, 6.45) is 1.34. The number of benzene rings is 3. The van der Waals surface area contributed by atoms with Crippen molar-refractivity contribution in [3.8, 4) is 0 Å². The fourth-order valence-corrected chi connectivity index (χ4v) is 5.57. The van der Waals surface area contributed by atoms with Crippen LogP contribution in [0.5, 0.6) is 0 Å². The molecule has 0 aliphatic rings. The lowest BCUT2D eigenvalue weighted by atomic mass is 10.0. The molecule has 7 nitrogen and oxygen atoms in total. The first-order valence-electron chi connectivity index (χ1n) is 12.8. The normalized spacial score (nSPS) is 12.2. The highest BCUT2D eigenvalue weighted by Gasteiger charge is 2.33. The summed E-state index contributed by atoms with van der Waals surface area (Å²) in [7, 11) is -3.84. The van der Waals surface area contributed by atoms with Gasteiger partial charge in [0.05, 0.1) is 11.9 Å². The van der Waals surface area contributed by atoms with Crippen LogP contribution < -0.4 is 9.62 Å². The third kappa shape index (κ3) is 8.57. The van der Waals surface area contributed by atoms with E-state index in [0.717, 1.165) is 27.3 Å². The number of rotatable bonds is 11. The number of carbonyl (C=O) groups is 2. The molecule has 1 N–H and O–H groups in total. The summed E-state index contributed by atoms with van der Waals surface area (Å²) in [5, 5.41) is 3.41. The molecular weight excluding hydrogens is 534 g/mol. The molecule has 3 rings (SSSR count). The van der Waals surface area contributed by atoms with E-state index in [-0.39, 0.29) is 24.9 Å². The molecule has 3 aromatic carbocycles. The molecule has 39 heavy (non-hydrogen) atoms. The van der Waals surface area contributed by atoms with Gasteiger partial charge in [0.1, 0.15) is 12.6 Å². The number of anilines is 1. The number of halogens is 1. The third-order valence-electron chi connectivity index (χ3n) is 6.24. The predicted molar refractivity (Wildman–Crippen MR) is 157 cm³/mol. The largest absolute Gasteiger partial charge is 0.352 e. The molecule has 1 atom stereocenters. The molecule has 0 aliphatic carbocycles. The Balaban J connectivity index is 2.07. The summed E-state index contributed by atoms with van der Waals surface area (Å²) >= 11 is 6.10. The Morgan fingerprint density at radius 3 is 2.18 bits per heavy atom. The Bertz CT molecular complexity index is 1410. The topological polar surface area (TPSA) is 86.8 Å². The number of carbonyl (C=O) groups excluding carboxylic acids is 2. The van der Waals surface area contributed by atoms with Gasteiger partial charge in [-0.1, -0.05) is 71.8 Å². The second-order valence-electron chi connectivity index (χ2n) is 10.1. The molecular formula is C30H36ClN3O4S. The van der Waals surface area contributed by atoms with Gasteiger partial charge in [0.25, 0.3) is 0 Å². The fourth-order valence-electron chi connectivity index (χ4n) is 4.44. The molecule has 0 unspecified atom stereocenters. The number of hydrogen-bond acceptors (Lipinski definition) is 4. The monoisotopic (exact) mass is 569 g/mol. The Kier molecular flexibility index (Phi) is 10.2. The predicted octanol–water partition coefficient (Wildman–Crippen LogP) is 4.89. The molecule has 2 amide bonds. The minimum atomic E-state index is -3.84. The van der Waals surface area contributed by atoms with Crippen LogP contribution in [-0.2, 0) is 32.6 Å². The molecule has 3 aromatic rings. The second kappa shape index (κ2) is 13.1. The van der Waals surface area contributed by atoms with Crippen molar-refractivity contribution in [1.82, 2.24) is 10.2 Å². The quantitative estimate of drug-likeness (QED) is 0.356. The maximum absolute atomic E-state index is 14.1. The minimum absolute atomic E-state index is 0.140. The van der Waals surface area contributed by atoms with Gasteiger partial charge >= 0.3 is 0 Å². The number of hydrogen-bond donors (Lipinski definition) is 1. The van der Waals surface area contributed by atoms with Crippen molar-refractivity contribution in [2.24, 2.45) is 0 Å². The van der Waals surface area contributed by atoms with E-state index >= 15 is 0 Å². The zero-order valence-corrected chi connectivity index (χ0v) is 24.6. The van der Waals surface area contributed by atoms with Gasteiger partial charge in [0, 0.05) is 24.0 Å². The highest BCUT2D eigenvalue weighted by atomic mass is 35.5. The summed E-state index contributed by atoms with van der Waals surface area (Å²) in [5.41, 5.74) is 3.71. The Labute approximate surface area is 236 Å². The lowest BCUT2D eigenvalue weighted by Crippen LogP contribution is -2.54. The van der Waals surface area contributed by atoms with Crippen LogP contribution in [0.15, 0.2) is 72.8 Å². The molecule has 0 saturated carbocycles. The fraction of sp³-hybridized carbons (Fsp3) is 0.333. The molecule has 0 aliphatic heterocycles. The van der Waals surface area contributed by atoms with Crippen molar-refractivity contribution in [3.63, 3.8) is 0 Å². The van der Waals surface area contributed by atoms with Crippen LogP contribution in [-0.4, -0.2) is 50.0 Å². The number of sulfonamides is 1. The Hall–Kier alpha value is -3.36. The Morgan fingerprint density at radius 2 is 1.59 bits per heavy atom. The van der Waals surface area contributed by atoms with Gasteiger partial charge in [-0.15, -0.1) is 0 Å². The van der Waals surface area contributed by atoms with Gasteiger partial charge in [0.2, 0.25) is 21.8 Å². The van der Waals surface area contributed by atoms with Gasteiger partial charge in [-0.25, -0.2) is 8.42 Å². The second-order valence-corrected chi connectivity index (χ2v) is 12.4. The molecule has 9 heteroatoms. The van der Waals surface area contributed by atoms with E-state index < -0.39 is 28.5 Å². The van der Waals surface area contributed by atoms with Crippen LogP contribution >= 0.6 is 11.6 Å². The van der Waals surface area contributed by atoms with E-state index in [1.165, 1.54) is 4.90 Å². The average Bonchev–Trinajstić information content (AvgIpc) is 2.84. The maximum atomic E-state index is 14.1. The summed E-state index contributed by atoms with van der Waals surface area (Å²) in [5.74, 6) is -0.792. The lowest BCUT2D eigenvalue weighted by Gasteiger charge is -2.34. The van der Waals surface area contributed by atoms with Crippen LogP contribution in [0.2, 0.25) is 5.02 Å². The first-order valence-corrected chi connectivity index (χ1v) is 15.0. The first kappa shape index (κ1) is 30.2. The molecule has 208 valence electrons. The zero-order chi connectivity index (χ0) is 28.7. The van der Waals surface area contributed by atoms with Crippen molar-refractivity contribution in [2.75, 3.05) is 17.1 Å². The van der Waals surface area contributed by atoms with E-state index in [9.17, 15) is 18.0 Å². The van der Waals surface area contributed by atoms with Crippen molar-refractivity contribution >= 4 is 39.1 Å². The van der Waals surface area contributed by atoms with E-state index in [1.54, 1.807) is 25.1 Å². The maximum Gasteiger partial charge on any atom is 0.244 e. The number of amides is 2. The first-order chi connectivity index (χ1) is 18.3. The zero-order valence-electron chi connectivity index (χ0n) is 23.0. The van der Waals surface area contributed by atoms with Crippen LogP contribution in [0.25, 0.3) is 0 Å². The summed E-state index contributed by atoms with van der Waals surface area (Å²) in [4.78, 5) is 29.1. The minimum Gasteiger partial charge on any atom is -0.352 e. The third-order valence-corrected chi connectivity index (χ3v) is 7.61. The van der Waals surface area contributed by atoms with Gasteiger partial charge in [0.15, 0.2) is 0 Å². The summed E-state index contributed by atoms with van der Waals surface area (Å²) in [6, 6.07) is 21.0. The molecule has 0 saturated heterocycles. The van der Waals surface area contributed by atoms with Crippen molar-refractivity contribution < 1.29 is 18.0 Å². The van der Waals surface area contributed by atoms with Crippen LogP contribution in [0.3, 0.4) is 0 Å². The molecule has 0 heterocycles. The number of nitrogens with one attached hydrogen (secondary N) is 1. The summed E-state index contributed by atoms with van der Waals surface area (Å²) < 4.78 is 26.9. The lowest BCUT2D eigenvalue weighted by molar-refractivity contribution is -0.140. The van der Waals surface area contributed by atoms with Crippen LogP contribution in [0.1, 0.15) is 36.1 Å². The van der Waals surface area contributed by atoms with E-state index in [0.29, 0.717) is 16.3 Å². The summed E-state index contributed by atoms with van der Waals surface area (Å²) in [6.45, 7) is 7.09. The molecule has 0 radical (unpaired) electrons. The molecule has 0 bridgehead atoms. The van der Waals surface area contributed by atoms with Gasteiger partial charge in [-0.05, 0) is 62.6 Å². The van der Waals surface area contributed by atoms with E-state index in [1.807, 2.05) is 75.4 Å². The number of nitrogens with zero attached hydrogens (tertiary/aromatic N) is 2. The molecule has 0 aromatic heterocycles. The van der Waals surface area contributed by atoms with E-state index in [2.05, 4.69) is 5.32 Å². The van der Waals surface area contributed by atoms with Gasteiger partial charge < -0.3 is 10.2 Å². The molecule has 0 fully saturated rings. The Morgan fingerprint density at radius 1 is 0.923 bits per heavy atom. The van der Waals surface area contributed by atoms with E-state index in [4.69, 9.17) is 11.6 Å². The number of aryl methyl sites for hydroxylation is 2. The molecule has 0 spiro atoms. The van der Waals surface area contributed by atoms with Gasteiger partial charge in [-0.2, -0.15) is 0 Å². The van der Waals surface area contributed by atoms with Crippen molar-refractivity contribution in [3.05, 3.63) is 100 Å². The van der Waals surface area contributed by atoms with Gasteiger partial charge in [-0.3, -0.25) is 13.9 Å². The smallest absolute Gasteiger partial charge is 0.244 e. The standard InChI is InChI=1S/C30H36ClN3O4S/c1-21(2)32-30(36)28(18-24-11-7-6-8-12-24)33(19-25-13-9-10-22(3)16-25)29(35)20-34(39(5,37)38)27-15-14-26(31)17-23(27)4/h6-17,21,28H,18-20H2,1-5H3,(H,32,36)/t28-/m0/s1. The highest BCUT2D eigenvalue weighted by molar-refractivity contribution is 7.92. The van der Waals surface area contributed by atoms with Crippen molar-refractivity contribution in [1.29, 1.82) is 0 Å². The van der Waals surface area contributed by atoms with Crippen LogP contribution in [0, 0.1) is 13.8 Å². The SMILES string of the molecule is Cc1cccc(CN(C(=O)CN(c2ccc(Cl)cc2C)S(C)(=O)=O)[C@@H](Cc2ccccc2)C(=O)NC(C)C)c1. The van der Waals surface area contributed by atoms with Crippen LogP contribution in [0.4, 0.5) is 5.69 Å². The van der Waals surface area contributed by atoms with Crippen molar-refractivity contribution in [2.45, 2.75) is 52.7 Å².